The Kier molecular flexibility index (Phi) is 4.99. The summed E-state index contributed by atoms with van der Waals surface area (Å²) in [6.45, 7) is 0. The Morgan fingerprint density at radius 3 is 2.47 bits per heavy atom. The number of ether oxygens (including phenoxy) is 2. The fourth-order valence-electron chi connectivity index (χ4n) is 3.95. The van der Waals surface area contributed by atoms with E-state index >= 15 is 0 Å². The number of carbonyl (C=O) groups is 1. The number of amides is 1. The number of methoxy groups -OCH3 is 2. The van der Waals surface area contributed by atoms with Gasteiger partial charge in [0.2, 0.25) is 0 Å². The topological polar surface area (TPSA) is 68.6 Å². The molecule has 7 heteroatoms. The molecule has 2 heterocycles. The lowest BCUT2D eigenvalue weighted by Crippen LogP contribution is -2.43. The summed E-state index contributed by atoms with van der Waals surface area (Å²) in [6, 6.07) is 22.8. The number of carbonyl (C=O) groups excluding carboxylic acids is 1. The molecular formula is C25H22N4O3. The summed E-state index contributed by atoms with van der Waals surface area (Å²) >= 11 is 0. The predicted molar refractivity (Wildman–Crippen MR) is 123 cm³/mol. The molecule has 0 saturated heterocycles. The van der Waals surface area contributed by atoms with E-state index in [2.05, 4.69) is 10.4 Å². The monoisotopic (exact) mass is 426 g/mol. The van der Waals surface area contributed by atoms with Gasteiger partial charge in [-0.2, -0.15) is 5.10 Å². The predicted octanol–water partition coefficient (Wildman–Crippen LogP) is 4.66. The minimum Gasteiger partial charge on any atom is -0.497 e. The first-order valence-electron chi connectivity index (χ1n) is 10.2. The number of hydrogen-bond acceptors (Lipinski definition) is 5. The van der Waals surface area contributed by atoms with Crippen molar-refractivity contribution >= 4 is 17.3 Å². The second-order valence-electron chi connectivity index (χ2n) is 7.35. The van der Waals surface area contributed by atoms with Crippen LogP contribution in [0.5, 0.6) is 11.5 Å². The van der Waals surface area contributed by atoms with Crippen LogP contribution in [-0.2, 0) is 0 Å². The molecule has 160 valence electrons. The average Bonchev–Trinajstić information content (AvgIpc) is 3.39. The molecule has 0 saturated carbocycles. The Hall–Kier alpha value is -4.26. The molecule has 0 aliphatic carbocycles. The summed E-state index contributed by atoms with van der Waals surface area (Å²) in [5, 5.41) is 7.80. The third-order valence-electron chi connectivity index (χ3n) is 5.55. The summed E-state index contributed by atoms with van der Waals surface area (Å²) in [4.78, 5) is 15.4. The number of nitrogens with one attached hydrogen (secondary N) is 1. The number of para-hydroxylation sites is 1. The van der Waals surface area contributed by atoms with E-state index in [0.29, 0.717) is 22.7 Å². The third kappa shape index (κ3) is 3.33. The maximum atomic E-state index is 13.7. The smallest absolute Gasteiger partial charge is 0.262 e. The van der Waals surface area contributed by atoms with Crippen molar-refractivity contribution < 1.29 is 14.3 Å². The van der Waals surface area contributed by atoms with Gasteiger partial charge in [0, 0.05) is 24.1 Å². The maximum Gasteiger partial charge on any atom is 0.262 e. The number of rotatable bonds is 5. The van der Waals surface area contributed by atoms with Gasteiger partial charge in [-0.15, -0.1) is 0 Å². The Morgan fingerprint density at radius 2 is 1.75 bits per heavy atom. The molecule has 4 aromatic rings. The molecule has 0 spiro atoms. The number of nitrogens with zero attached hydrogens (tertiary/aromatic N) is 3. The van der Waals surface area contributed by atoms with Crippen molar-refractivity contribution in [1.29, 1.82) is 0 Å². The average molecular weight is 426 g/mol. The lowest BCUT2D eigenvalue weighted by molar-refractivity contribution is 0.0974. The normalized spacial score (nSPS) is 15.1. The second kappa shape index (κ2) is 8.11. The summed E-state index contributed by atoms with van der Waals surface area (Å²) in [5.74, 6) is 1.10. The Labute approximate surface area is 185 Å². The van der Waals surface area contributed by atoms with Gasteiger partial charge in [0.15, 0.2) is 0 Å². The number of aromatic nitrogens is 2. The van der Waals surface area contributed by atoms with E-state index in [4.69, 9.17) is 9.47 Å². The van der Waals surface area contributed by atoms with Crippen LogP contribution < -0.4 is 19.7 Å². The fourth-order valence-corrected chi connectivity index (χ4v) is 3.95. The van der Waals surface area contributed by atoms with E-state index in [1.807, 2.05) is 72.9 Å². The molecule has 1 N–H and O–H groups in total. The summed E-state index contributed by atoms with van der Waals surface area (Å²) < 4.78 is 12.7. The van der Waals surface area contributed by atoms with Crippen LogP contribution >= 0.6 is 0 Å². The van der Waals surface area contributed by atoms with E-state index in [9.17, 15) is 4.79 Å². The van der Waals surface area contributed by atoms with Crippen LogP contribution in [0.4, 0.5) is 11.4 Å². The van der Waals surface area contributed by atoms with E-state index in [0.717, 1.165) is 16.9 Å². The third-order valence-corrected chi connectivity index (χ3v) is 5.55. The van der Waals surface area contributed by atoms with Gasteiger partial charge in [0.05, 0.1) is 31.2 Å². The Morgan fingerprint density at radius 1 is 0.938 bits per heavy atom. The second-order valence-corrected chi connectivity index (χ2v) is 7.35. The van der Waals surface area contributed by atoms with Gasteiger partial charge in [-0.3, -0.25) is 9.69 Å². The van der Waals surface area contributed by atoms with Gasteiger partial charge in [0.1, 0.15) is 17.7 Å². The molecular weight excluding hydrogens is 404 g/mol. The molecule has 0 fully saturated rings. The van der Waals surface area contributed by atoms with Crippen molar-refractivity contribution in [3.8, 4) is 17.2 Å². The maximum absolute atomic E-state index is 13.7. The van der Waals surface area contributed by atoms with Gasteiger partial charge in [-0.25, -0.2) is 4.68 Å². The summed E-state index contributed by atoms with van der Waals surface area (Å²) in [6.07, 6.45) is 3.21. The van der Waals surface area contributed by atoms with Crippen LogP contribution in [0.15, 0.2) is 85.2 Å². The lowest BCUT2D eigenvalue weighted by Gasteiger charge is -2.38. The van der Waals surface area contributed by atoms with Gasteiger partial charge in [0.25, 0.3) is 5.91 Å². The van der Waals surface area contributed by atoms with Crippen LogP contribution in [0.1, 0.15) is 22.1 Å². The largest absolute Gasteiger partial charge is 0.497 e. The van der Waals surface area contributed by atoms with Crippen molar-refractivity contribution in [2.24, 2.45) is 0 Å². The van der Waals surface area contributed by atoms with E-state index in [1.54, 1.807) is 36.1 Å². The van der Waals surface area contributed by atoms with Crippen molar-refractivity contribution in [1.82, 2.24) is 9.78 Å². The molecule has 32 heavy (non-hydrogen) atoms. The molecule has 3 aromatic carbocycles. The minimum atomic E-state index is -0.425. The SMILES string of the molecule is COc1ccc(N2C(=O)c3ccccc3NC2c2ccc(-n3cccn3)cc2)c(OC)c1. The highest BCUT2D eigenvalue weighted by Crippen LogP contribution is 2.41. The fraction of sp³-hybridized carbons (Fsp3) is 0.120. The Balaban J connectivity index is 1.61. The first kappa shape index (κ1) is 19.7. The number of hydrogen-bond donors (Lipinski definition) is 1. The zero-order chi connectivity index (χ0) is 22.1. The van der Waals surface area contributed by atoms with Gasteiger partial charge in [-0.1, -0.05) is 24.3 Å². The first-order valence-corrected chi connectivity index (χ1v) is 10.2. The number of benzene rings is 3. The highest BCUT2D eigenvalue weighted by molar-refractivity contribution is 6.12. The van der Waals surface area contributed by atoms with E-state index in [1.165, 1.54) is 0 Å². The summed E-state index contributed by atoms with van der Waals surface area (Å²) in [5.41, 5.74) is 3.93. The van der Waals surface area contributed by atoms with Gasteiger partial charge < -0.3 is 14.8 Å². The molecule has 1 aromatic heterocycles. The highest BCUT2D eigenvalue weighted by atomic mass is 16.5. The zero-order valence-corrected chi connectivity index (χ0v) is 17.7. The van der Waals surface area contributed by atoms with Crippen molar-refractivity contribution in [3.63, 3.8) is 0 Å². The first-order chi connectivity index (χ1) is 15.7. The standard InChI is InChI=1S/C25H22N4O3/c1-31-19-12-13-22(23(16-19)32-2)29-24(27-21-7-4-3-6-20(21)25(29)30)17-8-10-18(11-9-17)28-15-5-14-26-28/h3-16,24,27H,1-2H3. The molecule has 1 amide bonds. The van der Waals surface area contributed by atoms with Crippen LogP contribution in [-0.4, -0.2) is 29.9 Å². The zero-order valence-electron chi connectivity index (χ0n) is 17.7. The van der Waals surface area contributed by atoms with Crippen LogP contribution in [0.2, 0.25) is 0 Å². The molecule has 5 rings (SSSR count). The lowest BCUT2D eigenvalue weighted by atomic mass is 10.0. The molecule has 1 atom stereocenters. The number of fused-ring (bicyclic) bond motifs is 1. The Bertz CT molecular complexity index is 1250. The van der Waals surface area contributed by atoms with Crippen molar-refractivity contribution in [2.75, 3.05) is 24.4 Å². The van der Waals surface area contributed by atoms with E-state index < -0.39 is 6.17 Å². The minimum absolute atomic E-state index is 0.107. The van der Waals surface area contributed by atoms with Crippen molar-refractivity contribution in [3.05, 3.63) is 96.3 Å². The van der Waals surface area contributed by atoms with Gasteiger partial charge >= 0.3 is 0 Å². The molecule has 7 nitrogen and oxygen atoms in total. The molecule has 0 radical (unpaired) electrons. The molecule has 1 aliphatic heterocycles. The van der Waals surface area contributed by atoms with Crippen LogP contribution in [0.3, 0.4) is 0 Å². The van der Waals surface area contributed by atoms with Crippen LogP contribution in [0.25, 0.3) is 5.69 Å². The van der Waals surface area contributed by atoms with E-state index in [-0.39, 0.29) is 5.91 Å². The molecule has 1 unspecified atom stereocenters. The summed E-state index contributed by atoms with van der Waals surface area (Å²) in [7, 11) is 3.18. The quantitative estimate of drug-likeness (QED) is 0.503. The highest BCUT2D eigenvalue weighted by Gasteiger charge is 2.35. The number of anilines is 2. The molecule has 1 aliphatic rings. The van der Waals surface area contributed by atoms with Crippen molar-refractivity contribution in [2.45, 2.75) is 6.17 Å². The molecule has 0 bridgehead atoms. The van der Waals surface area contributed by atoms with Gasteiger partial charge in [-0.05, 0) is 48.0 Å². The van der Waals surface area contributed by atoms with Crippen LogP contribution in [0, 0.1) is 0 Å².